The van der Waals surface area contributed by atoms with Crippen LogP contribution in [0, 0.1) is 6.92 Å². The van der Waals surface area contributed by atoms with E-state index >= 15 is 0 Å². The third-order valence-electron chi connectivity index (χ3n) is 6.00. The molecular formula is C27H32N2O7. The first-order chi connectivity index (χ1) is 17.1. The lowest BCUT2D eigenvalue weighted by Crippen LogP contribution is -2.35. The van der Waals surface area contributed by atoms with E-state index in [1.165, 1.54) is 19.2 Å². The normalized spacial score (nSPS) is 12.7. The van der Waals surface area contributed by atoms with Crippen LogP contribution >= 0.6 is 0 Å². The molecule has 3 rings (SSSR count). The molecule has 1 heterocycles. The van der Waals surface area contributed by atoms with E-state index in [1.54, 1.807) is 26.2 Å². The average molecular weight is 497 g/mol. The van der Waals surface area contributed by atoms with E-state index in [-0.39, 0.29) is 35.6 Å². The van der Waals surface area contributed by atoms with Crippen LogP contribution in [0.4, 0.5) is 0 Å². The molecule has 0 unspecified atom stereocenters. The van der Waals surface area contributed by atoms with Gasteiger partial charge in [0.1, 0.15) is 11.5 Å². The fourth-order valence-corrected chi connectivity index (χ4v) is 4.03. The Morgan fingerprint density at radius 2 is 1.69 bits per heavy atom. The summed E-state index contributed by atoms with van der Waals surface area (Å²) in [6.07, 6.45) is -0.114. The molecule has 0 spiro atoms. The van der Waals surface area contributed by atoms with E-state index in [9.17, 15) is 19.8 Å². The molecule has 0 aliphatic carbocycles. The van der Waals surface area contributed by atoms with Gasteiger partial charge in [-0.2, -0.15) is 0 Å². The molecule has 0 aliphatic heterocycles. The molecule has 0 saturated heterocycles. The van der Waals surface area contributed by atoms with E-state index in [0.717, 1.165) is 11.3 Å². The summed E-state index contributed by atoms with van der Waals surface area (Å²) in [4.78, 5) is 27.4. The maximum absolute atomic E-state index is 13.1. The zero-order chi connectivity index (χ0) is 26.4. The summed E-state index contributed by atoms with van der Waals surface area (Å²) >= 11 is 0. The summed E-state index contributed by atoms with van der Waals surface area (Å²) < 4.78 is 16.1. The number of likely N-dealkylation sites (N-methyl/N-ethyl adjacent to an activating group) is 1. The number of carbonyl (C=O) groups is 1. The van der Waals surface area contributed by atoms with Crippen molar-refractivity contribution in [2.45, 2.75) is 25.3 Å². The van der Waals surface area contributed by atoms with E-state index in [1.807, 2.05) is 43.3 Å². The number of hydrogen-bond donors (Lipinski definition) is 3. The van der Waals surface area contributed by atoms with Gasteiger partial charge in [-0.15, -0.1) is 0 Å². The molecular weight excluding hydrogens is 464 g/mol. The van der Waals surface area contributed by atoms with Crippen LogP contribution in [0.3, 0.4) is 0 Å². The quantitative estimate of drug-likeness (QED) is 0.391. The van der Waals surface area contributed by atoms with Gasteiger partial charge in [-0.25, -0.2) is 0 Å². The zero-order valence-electron chi connectivity index (χ0n) is 21.1. The van der Waals surface area contributed by atoms with E-state index < -0.39 is 17.1 Å². The van der Waals surface area contributed by atoms with Crippen LogP contribution < -0.4 is 20.2 Å². The number of nitrogens with one attached hydrogen (secondary N) is 1. The molecule has 192 valence electrons. The van der Waals surface area contributed by atoms with Crippen LogP contribution in [0.2, 0.25) is 0 Å². The Kier molecular flexibility index (Phi) is 8.60. The highest BCUT2D eigenvalue weighted by Crippen LogP contribution is 2.37. The lowest BCUT2D eigenvalue weighted by molar-refractivity contribution is -0.121. The number of rotatable bonds is 10. The topological polar surface area (TPSA) is 121 Å². The van der Waals surface area contributed by atoms with E-state index in [4.69, 9.17) is 13.9 Å². The summed E-state index contributed by atoms with van der Waals surface area (Å²) in [7, 11) is 6.86. The smallest absolute Gasteiger partial charge is 0.227 e. The standard InChI is InChI=1S/C27H32N2O7/c1-16-12-23(31)26(33)27(36-16)20(18-8-11-22(30)24(13-18)35-5)14-25(32)28-15-21(29(2)3)17-6-9-19(34-4)10-7-17/h6-13,20-21,30,33H,14-15H2,1-5H3,(H,28,32)/t20-,21+/m0/s1. The monoisotopic (exact) mass is 496 g/mol. The minimum absolute atomic E-state index is 0.0257. The molecule has 2 aromatic carbocycles. The fraction of sp³-hybridized carbons (Fsp3) is 0.333. The van der Waals surface area contributed by atoms with Gasteiger partial charge in [-0.1, -0.05) is 18.2 Å². The Balaban J connectivity index is 1.88. The summed E-state index contributed by atoms with van der Waals surface area (Å²) in [6, 6.07) is 13.3. The second-order valence-corrected chi connectivity index (χ2v) is 8.68. The number of phenols is 1. The van der Waals surface area contributed by atoms with Crippen molar-refractivity contribution in [1.29, 1.82) is 0 Å². The predicted molar refractivity (Wildman–Crippen MR) is 135 cm³/mol. The van der Waals surface area contributed by atoms with Crippen molar-refractivity contribution in [3.63, 3.8) is 0 Å². The maximum Gasteiger partial charge on any atom is 0.227 e. The average Bonchev–Trinajstić information content (AvgIpc) is 2.85. The molecule has 0 fully saturated rings. The molecule has 3 aromatic rings. The number of phenolic OH excluding ortho intramolecular Hbond substituents is 1. The number of benzene rings is 2. The van der Waals surface area contributed by atoms with E-state index in [0.29, 0.717) is 17.9 Å². The summed E-state index contributed by atoms with van der Waals surface area (Å²) in [6.45, 7) is 1.92. The SMILES string of the molecule is COc1ccc([C@@H](CNC(=O)C[C@@H](c2ccc(O)c(OC)c2)c2oc(C)cc(=O)c2O)N(C)C)cc1. The number of aromatic hydroxyl groups is 2. The Morgan fingerprint density at radius 1 is 1.03 bits per heavy atom. The van der Waals surface area contributed by atoms with Crippen LogP contribution in [0.15, 0.2) is 57.7 Å². The van der Waals surface area contributed by atoms with E-state index in [2.05, 4.69) is 5.32 Å². The van der Waals surface area contributed by atoms with Gasteiger partial charge in [0.15, 0.2) is 17.3 Å². The third-order valence-corrected chi connectivity index (χ3v) is 6.00. The molecule has 2 atom stereocenters. The van der Waals surface area contributed by atoms with Gasteiger partial charge in [0, 0.05) is 19.0 Å². The summed E-state index contributed by atoms with van der Waals surface area (Å²) in [5, 5.41) is 23.5. The lowest BCUT2D eigenvalue weighted by atomic mass is 9.91. The molecule has 1 aromatic heterocycles. The van der Waals surface area contributed by atoms with Crippen molar-refractivity contribution >= 4 is 5.91 Å². The number of amides is 1. The Hall–Kier alpha value is -3.98. The van der Waals surface area contributed by atoms with Crippen LogP contribution in [0.5, 0.6) is 23.0 Å². The number of hydrogen-bond acceptors (Lipinski definition) is 8. The highest BCUT2D eigenvalue weighted by Gasteiger charge is 2.27. The third kappa shape index (κ3) is 6.17. The van der Waals surface area contributed by atoms with Gasteiger partial charge in [-0.3, -0.25) is 9.59 Å². The molecule has 0 radical (unpaired) electrons. The Morgan fingerprint density at radius 3 is 2.31 bits per heavy atom. The van der Waals surface area contributed by atoms with Crippen molar-refractivity contribution in [2.75, 3.05) is 34.9 Å². The molecule has 3 N–H and O–H groups in total. The number of ether oxygens (including phenoxy) is 2. The van der Waals surface area contributed by atoms with Crippen molar-refractivity contribution in [3.05, 3.63) is 81.4 Å². The van der Waals surface area contributed by atoms with Crippen LogP contribution in [-0.2, 0) is 4.79 Å². The minimum atomic E-state index is -0.800. The van der Waals surface area contributed by atoms with Crippen molar-refractivity contribution < 1.29 is 28.9 Å². The van der Waals surface area contributed by atoms with Crippen molar-refractivity contribution in [3.8, 4) is 23.0 Å². The van der Waals surface area contributed by atoms with Gasteiger partial charge in [0.25, 0.3) is 0 Å². The molecule has 9 heteroatoms. The van der Waals surface area contributed by atoms with Crippen LogP contribution in [0.1, 0.15) is 41.0 Å². The van der Waals surface area contributed by atoms with Gasteiger partial charge in [0.05, 0.1) is 26.2 Å². The largest absolute Gasteiger partial charge is 0.504 e. The summed E-state index contributed by atoms with van der Waals surface area (Å²) in [5.74, 6) is -0.533. The molecule has 9 nitrogen and oxygen atoms in total. The van der Waals surface area contributed by atoms with Gasteiger partial charge in [0.2, 0.25) is 17.1 Å². The first-order valence-electron chi connectivity index (χ1n) is 11.4. The number of nitrogens with zero attached hydrogens (tertiary/aromatic N) is 1. The van der Waals surface area contributed by atoms with Crippen molar-refractivity contribution in [1.82, 2.24) is 10.2 Å². The van der Waals surface area contributed by atoms with Gasteiger partial charge < -0.3 is 34.3 Å². The molecule has 0 bridgehead atoms. The zero-order valence-corrected chi connectivity index (χ0v) is 21.1. The molecule has 0 aliphatic rings. The highest BCUT2D eigenvalue weighted by atomic mass is 16.5. The molecule has 36 heavy (non-hydrogen) atoms. The highest BCUT2D eigenvalue weighted by molar-refractivity contribution is 5.77. The Bertz CT molecular complexity index is 1250. The van der Waals surface area contributed by atoms with Gasteiger partial charge in [-0.05, 0) is 56.4 Å². The molecule has 0 saturated carbocycles. The number of aryl methyl sites for hydroxylation is 1. The molecule has 1 amide bonds. The minimum Gasteiger partial charge on any atom is -0.504 e. The fourth-order valence-electron chi connectivity index (χ4n) is 4.03. The second kappa shape index (κ2) is 11.6. The summed E-state index contributed by atoms with van der Waals surface area (Å²) in [5.41, 5.74) is 0.934. The second-order valence-electron chi connectivity index (χ2n) is 8.68. The van der Waals surface area contributed by atoms with Crippen molar-refractivity contribution in [2.24, 2.45) is 0 Å². The lowest BCUT2D eigenvalue weighted by Gasteiger charge is -2.26. The predicted octanol–water partition coefficient (Wildman–Crippen LogP) is 3.32. The maximum atomic E-state index is 13.1. The number of carbonyl (C=O) groups excluding carboxylic acids is 1. The number of methoxy groups -OCH3 is 2. The van der Waals surface area contributed by atoms with Gasteiger partial charge >= 0.3 is 0 Å². The Labute approximate surface area is 209 Å². The van der Waals surface area contributed by atoms with Crippen LogP contribution in [0.25, 0.3) is 0 Å². The first-order valence-corrected chi connectivity index (χ1v) is 11.4. The first kappa shape index (κ1) is 26.6. The van der Waals surface area contributed by atoms with Crippen LogP contribution in [-0.4, -0.2) is 55.9 Å².